The van der Waals surface area contributed by atoms with E-state index < -0.39 is 0 Å². The summed E-state index contributed by atoms with van der Waals surface area (Å²) < 4.78 is 1.60. The van der Waals surface area contributed by atoms with Gasteiger partial charge in [0.05, 0.1) is 5.69 Å². The molecule has 0 atom stereocenters. The summed E-state index contributed by atoms with van der Waals surface area (Å²) in [5.41, 5.74) is 3.18. The molecule has 2 amide bonds. The van der Waals surface area contributed by atoms with Crippen molar-refractivity contribution in [1.82, 2.24) is 15.1 Å². The summed E-state index contributed by atoms with van der Waals surface area (Å²) in [4.78, 5) is 23.6. The van der Waals surface area contributed by atoms with Gasteiger partial charge < -0.3 is 10.6 Å². The van der Waals surface area contributed by atoms with E-state index in [1.807, 2.05) is 30.3 Å². The average Bonchev–Trinajstić information content (AvgIpc) is 3.11. The summed E-state index contributed by atoms with van der Waals surface area (Å²) >= 11 is 1.76. The summed E-state index contributed by atoms with van der Waals surface area (Å²) in [6.45, 7) is 2.16. The van der Waals surface area contributed by atoms with Gasteiger partial charge in [0.2, 0.25) is 11.8 Å². The predicted octanol–water partition coefficient (Wildman–Crippen LogP) is 1.95. The first-order valence-electron chi connectivity index (χ1n) is 7.88. The Kier molecular flexibility index (Phi) is 5.20. The third kappa shape index (κ3) is 3.97. The van der Waals surface area contributed by atoms with Crippen LogP contribution in [0.2, 0.25) is 0 Å². The van der Waals surface area contributed by atoms with Crippen molar-refractivity contribution >= 4 is 29.4 Å². The van der Waals surface area contributed by atoms with Gasteiger partial charge in [-0.05, 0) is 12.0 Å². The number of fused-ring (bicyclic) bond motifs is 1. The van der Waals surface area contributed by atoms with E-state index in [-0.39, 0.29) is 18.4 Å². The van der Waals surface area contributed by atoms with Crippen molar-refractivity contribution in [3.8, 4) is 0 Å². The number of carbonyl (C=O) groups is 2. The minimum Gasteiger partial charge on any atom is -0.354 e. The zero-order valence-corrected chi connectivity index (χ0v) is 14.4. The molecule has 1 aliphatic heterocycles. The third-order valence-corrected chi connectivity index (χ3v) is 4.76. The molecule has 0 saturated carbocycles. The van der Waals surface area contributed by atoms with Crippen molar-refractivity contribution in [2.24, 2.45) is 0 Å². The summed E-state index contributed by atoms with van der Waals surface area (Å²) in [6, 6.07) is 10.0. The fourth-order valence-corrected chi connectivity index (χ4v) is 3.70. The first-order chi connectivity index (χ1) is 11.6. The second kappa shape index (κ2) is 7.53. The molecule has 7 heteroatoms. The lowest BCUT2D eigenvalue weighted by molar-refractivity contribution is -0.122. The zero-order valence-electron chi connectivity index (χ0n) is 13.5. The molecule has 0 fully saturated rings. The standard InChI is InChI=1S/C17H20N4O2S/c1-12(22)19-17-14-10-24-11-15(14)20-21(17)9-16(23)18-8-7-13-5-3-2-4-6-13/h2-6H,7-11H2,1H3,(H,18,23)(H,19,22). The van der Waals surface area contributed by atoms with Gasteiger partial charge in [-0.3, -0.25) is 9.59 Å². The molecule has 0 aliphatic carbocycles. The molecule has 1 aromatic carbocycles. The lowest BCUT2D eigenvalue weighted by Gasteiger charge is -2.10. The van der Waals surface area contributed by atoms with Crippen LogP contribution in [0.3, 0.4) is 0 Å². The van der Waals surface area contributed by atoms with Crippen LogP contribution in [0.4, 0.5) is 5.82 Å². The van der Waals surface area contributed by atoms with Gasteiger partial charge in [-0.25, -0.2) is 4.68 Å². The number of nitrogens with zero attached hydrogens (tertiary/aromatic N) is 2. The molecule has 0 radical (unpaired) electrons. The number of benzene rings is 1. The normalized spacial score (nSPS) is 12.7. The molecular weight excluding hydrogens is 324 g/mol. The Bertz CT molecular complexity index is 743. The van der Waals surface area contributed by atoms with Crippen LogP contribution in [0.1, 0.15) is 23.7 Å². The average molecular weight is 344 g/mol. The summed E-state index contributed by atoms with van der Waals surface area (Å²) in [5.74, 6) is 2.04. The molecule has 0 unspecified atom stereocenters. The monoisotopic (exact) mass is 344 g/mol. The number of hydrogen-bond donors (Lipinski definition) is 2. The Hall–Kier alpha value is -2.28. The van der Waals surface area contributed by atoms with E-state index in [1.54, 1.807) is 16.4 Å². The topological polar surface area (TPSA) is 76.0 Å². The molecule has 2 aromatic rings. The van der Waals surface area contributed by atoms with Gasteiger partial charge in [0.25, 0.3) is 0 Å². The van der Waals surface area contributed by atoms with Gasteiger partial charge in [-0.15, -0.1) is 0 Å². The van der Waals surface area contributed by atoms with E-state index in [0.29, 0.717) is 12.4 Å². The first-order valence-corrected chi connectivity index (χ1v) is 9.03. The highest BCUT2D eigenvalue weighted by Crippen LogP contribution is 2.34. The number of nitrogens with one attached hydrogen (secondary N) is 2. The van der Waals surface area contributed by atoms with Crippen molar-refractivity contribution in [2.75, 3.05) is 11.9 Å². The van der Waals surface area contributed by atoms with Crippen molar-refractivity contribution < 1.29 is 9.59 Å². The van der Waals surface area contributed by atoms with Crippen LogP contribution in [-0.4, -0.2) is 28.1 Å². The maximum Gasteiger partial charge on any atom is 0.241 e. The molecule has 2 N–H and O–H groups in total. The molecule has 1 aromatic heterocycles. The second-order valence-electron chi connectivity index (χ2n) is 5.69. The number of rotatable bonds is 6. The first kappa shape index (κ1) is 16.6. The Morgan fingerprint density at radius 3 is 2.79 bits per heavy atom. The number of amides is 2. The van der Waals surface area contributed by atoms with Gasteiger partial charge >= 0.3 is 0 Å². The lowest BCUT2D eigenvalue weighted by atomic mass is 10.1. The van der Waals surface area contributed by atoms with E-state index >= 15 is 0 Å². The molecule has 6 nitrogen and oxygen atoms in total. The molecule has 1 aliphatic rings. The molecule has 0 spiro atoms. The molecule has 126 valence electrons. The maximum absolute atomic E-state index is 12.2. The van der Waals surface area contributed by atoms with E-state index in [4.69, 9.17) is 0 Å². The minimum absolute atomic E-state index is 0.105. The third-order valence-electron chi connectivity index (χ3n) is 3.79. The van der Waals surface area contributed by atoms with Gasteiger partial charge in [-0.1, -0.05) is 30.3 Å². The second-order valence-corrected chi connectivity index (χ2v) is 6.68. The fraction of sp³-hybridized carbons (Fsp3) is 0.353. The molecular formula is C17H20N4O2S. The molecule has 2 heterocycles. The van der Waals surface area contributed by atoms with Crippen LogP contribution >= 0.6 is 11.8 Å². The highest BCUT2D eigenvalue weighted by atomic mass is 32.2. The van der Waals surface area contributed by atoms with E-state index in [0.717, 1.165) is 29.2 Å². The number of thioether (sulfide) groups is 1. The van der Waals surface area contributed by atoms with Crippen LogP contribution in [0.15, 0.2) is 30.3 Å². The quantitative estimate of drug-likeness (QED) is 0.840. The predicted molar refractivity (Wildman–Crippen MR) is 94.7 cm³/mol. The fourth-order valence-electron chi connectivity index (χ4n) is 2.67. The summed E-state index contributed by atoms with van der Waals surface area (Å²) in [5, 5.41) is 10.2. The van der Waals surface area contributed by atoms with Crippen LogP contribution < -0.4 is 10.6 Å². The van der Waals surface area contributed by atoms with Gasteiger partial charge in [0, 0.05) is 30.5 Å². The zero-order chi connectivity index (χ0) is 16.9. The lowest BCUT2D eigenvalue weighted by Crippen LogP contribution is -2.30. The van der Waals surface area contributed by atoms with Gasteiger partial charge in [0.1, 0.15) is 12.4 Å². The Balaban J connectivity index is 1.59. The number of hydrogen-bond acceptors (Lipinski definition) is 4. The number of anilines is 1. The molecule has 0 bridgehead atoms. The van der Waals surface area contributed by atoms with Crippen molar-refractivity contribution in [3.05, 3.63) is 47.2 Å². The Morgan fingerprint density at radius 1 is 1.25 bits per heavy atom. The van der Waals surface area contributed by atoms with E-state index in [1.165, 1.54) is 12.5 Å². The molecule has 0 saturated heterocycles. The Morgan fingerprint density at radius 2 is 2.04 bits per heavy atom. The summed E-state index contributed by atoms with van der Waals surface area (Å²) in [6.07, 6.45) is 0.789. The SMILES string of the molecule is CC(=O)Nc1c2c(nn1CC(=O)NCCc1ccccc1)CSC2. The minimum atomic E-state index is -0.152. The highest BCUT2D eigenvalue weighted by molar-refractivity contribution is 7.98. The van der Waals surface area contributed by atoms with Gasteiger partial charge in [0.15, 0.2) is 0 Å². The van der Waals surface area contributed by atoms with Crippen LogP contribution in [0.25, 0.3) is 0 Å². The van der Waals surface area contributed by atoms with Crippen LogP contribution in [-0.2, 0) is 34.1 Å². The van der Waals surface area contributed by atoms with Crippen LogP contribution in [0, 0.1) is 0 Å². The highest BCUT2D eigenvalue weighted by Gasteiger charge is 2.24. The smallest absolute Gasteiger partial charge is 0.241 e. The largest absolute Gasteiger partial charge is 0.354 e. The number of aromatic nitrogens is 2. The van der Waals surface area contributed by atoms with Crippen LogP contribution in [0.5, 0.6) is 0 Å². The molecule has 24 heavy (non-hydrogen) atoms. The van der Waals surface area contributed by atoms with Crippen molar-refractivity contribution in [1.29, 1.82) is 0 Å². The maximum atomic E-state index is 12.2. The molecule has 3 rings (SSSR count). The van der Waals surface area contributed by atoms with Crippen molar-refractivity contribution in [2.45, 2.75) is 31.4 Å². The van der Waals surface area contributed by atoms with E-state index in [2.05, 4.69) is 15.7 Å². The van der Waals surface area contributed by atoms with E-state index in [9.17, 15) is 9.59 Å². The number of carbonyl (C=O) groups excluding carboxylic acids is 2. The summed E-state index contributed by atoms with van der Waals surface area (Å²) in [7, 11) is 0. The Labute approximate surface area is 145 Å². The van der Waals surface area contributed by atoms with Crippen molar-refractivity contribution in [3.63, 3.8) is 0 Å². The van der Waals surface area contributed by atoms with Gasteiger partial charge in [-0.2, -0.15) is 16.9 Å².